The number of aliphatic carboxylic acids is 1. The zero-order chi connectivity index (χ0) is 28.2. The maximum absolute atomic E-state index is 12.1. The molecule has 2 aliphatic rings. The molecule has 4 rings (SSSR count). The molecule has 2 heterocycles. The number of carboxylic acid groups (broad SMARTS) is 1. The summed E-state index contributed by atoms with van der Waals surface area (Å²) in [6.45, 7) is 12.0. The van der Waals surface area contributed by atoms with Crippen molar-refractivity contribution in [2.75, 3.05) is 24.6 Å². The first-order chi connectivity index (χ1) is 18.6. The zero-order valence-corrected chi connectivity index (χ0v) is 23.6. The smallest absolute Gasteiger partial charge is 0.312 e. The van der Waals surface area contributed by atoms with Crippen molar-refractivity contribution < 1.29 is 24.0 Å². The van der Waals surface area contributed by atoms with Gasteiger partial charge in [0.15, 0.2) is 12.3 Å². The van der Waals surface area contributed by atoms with Crippen LogP contribution in [0.15, 0.2) is 84.6 Å². The molecule has 0 saturated heterocycles. The highest BCUT2D eigenvalue weighted by atomic mass is 16.5. The lowest BCUT2D eigenvalue weighted by molar-refractivity contribution is -0.436. The summed E-state index contributed by atoms with van der Waals surface area (Å²) in [6.07, 6.45) is 10.7. The molecule has 2 aromatic carbocycles. The van der Waals surface area contributed by atoms with Gasteiger partial charge in [-0.1, -0.05) is 68.5 Å². The van der Waals surface area contributed by atoms with Gasteiger partial charge in [0.05, 0.1) is 18.4 Å². The summed E-state index contributed by atoms with van der Waals surface area (Å²) in [5.41, 5.74) is 6.37. The molecule has 0 amide bonds. The van der Waals surface area contributed by atoms with E-state index >= 15 is 0 Å². The van der Waals surface area contributed by atoms with Gasteiger partial charge in [-0.3, -0.25) is 9.59 Å². The maximum Gasteiger partial charge on any atom is 0.312 e. The Labute approximate surface area is 231 Å². The van der Waals surface area contributed by atoms with Gasteiger partial charge < -0.3 is 14.7 Å². The first-order valence-electron chi connectivity index (χ1n) is 13.6. The predicted octanol–water partition coefficient (Wildman–Crippen LogP) is 6.28. The van der Waals surface area contributed by atoms with Crippen molar-refractivity contribution in [1.82, 2.24) is 0 Å². The van der Waals surface area contributed by atoms with Crippen molar-refractivity contribution >= 4 is 29.0 Å². The predicted molar refractivity (Wildman–Crippen MR) is 156 cm³/mol. The van der Waals surface area contributed by atoms with Gasteiger partial charge in [-0.2, -0.15) is 4.58 Å². The second kappa shape index (κ2) is 11.4. The maximum atomic E-state index is 12.1. The molecule has 2 aromatic rings. The molecule has 0 bridgehead atoms. The van der Waals surface area contributed by atoms with Gasteiger partial charge >= 0.3 is 11.9 Å². The number of esters is 1. The van der Waals surface area contributed by atoms with Crippen LogP contribution in [0.5, 0.6) is 0 Å². The molecule has 1 N–H and O–H groups in total. The molecular weight excluding hydrogens is 488 g/mol. The summed E-state index contributed by atoms with van der Waals surface area (Å²) in [5, 5.41) is 9.31. The van der Waals surface area contributed by atoms with Crippen LogP contribution in [-0.2, 0) is 25.2 Å². The number of carbonyl (C=O) groups is 2. The third-order valence-electron chi connectivity index (χ3n) is 7.72. The number of anilines is 1. The van der Waals surface area contributed by atoms with E-state index in [0.717, 1.165) is 22.8 Å². The monoisotopic (exact) mass is 527 g/mol. The van der Waals surface area contributed by atoms with Crippen molar-refractivity contribution in [2.24, 2.45) is 0 Å². The van der Waals surface area contributed by atoms with Crippen molar-refractivity contribution in [2.45, 2.75) is 58.3 Å². The number of carbonyl (C=O) groups excluding carboxylic acids is 1. The van der Waals surface area contributed by atoms with E-state index < -0.39 is 5.97 Å². The average molecular weight is 528 g/mol. The minimum Gasteiger partial charge on any atom is -0.481 e. The van der Waals surface area contributed by atoms with Crippen LogP contribution in [0.25, 0.3) is 0 Å². The van der Waals surface area contributed by atoms with Gasteiger partial charge in [-0.05, 0) is 38.5 Å². The summed E-state index contributed by atoms with van der Waals surface area (Å²) in [6, 6.07) is 16.6. The Bertz CT molecular complexity index is 1380. The zero-order valence-electron chi connectivity index (χ0n) is 23.6. The Morgan fingerprint density at radius 2 is 1.62 bits per heavy atom. The van der Waals surface area contributed by atoms with Crippen LogP contribution in [0.4, 0.5) is 11.4 Å². The van der Waals surface area contributed by atoms with E-state index in [0.29, 0.717) is 26.1 Å². The Kier molecular flexibility index (Phi) is 8.24. The summed E-state index contributed by atoms with van der Waals surface area (Å²) in [4.78, 5) is 25.6. The van der Waals surface area contributed by atoms with Crippen molar-refractivity contribution in [1.29, 1.82) is 0 Å². The molecule has 2 aliphatic heterocycles. The highest BCUT2D eigenvalue weighted by Crippen LogP contribution is 2.47. The molecule has 6 nitrogen and oxygen atoms in total. The lowest BCUT2D eigenvalue weighted by atomic mass is 9.81. The van der Waals surface area contributed by atoms with Crippen LogP contribution in [0.3, 0.4) is 0 Å². The lowest BCUT2D eigenvalue weighted by Gasteiger charge is -2.26. The van der Waals surface area contributed by atoms with Crippen LogP contribution in [0, 0.1) is 0 Å². The number of benzene rings is 2. The third kappa shape index (κ3) is 5.60. The number of hydrogen-bond acceptors (Lipinski definition) is 4. The van der Waals surface area contributed by atoms with Crippen molar-refractivity contribution in [3.05, 3.63) is 95.7 Å². The first kappa shape index (κ1) is 28.1. The molecule has 0 radical (unpaired) electrons. The van der Waals surface area contributed by atoms with Gasteiger partial charge in [-0.25, -0.2) is 0 Å². The van der Waals surface area contributed by atoms with Crippen LogP contribution in [0.2, 0.25) is 0 Å². The van der Waals surface area contributed by atoms with Gasteiger partial charge in [0.1, 0.15) is 6.42 Å². The van der Waals surface area contributed by atoms with Gasteiger partial charge in [-0.15, -0.1) is 0 Å². The van der Waals surface area contributed by atoms with Gasteiger partial charge in [0.2, 0.25) is 5.69 Å². The highest BCUT2D eigenvalue weighted by molar-refractivity contribution is 6.03. The molecule has 0 saturated carbocycles. The molecule has 6 heteroatoms. The number of hydrogen-bond donors (Lipinski definition) is 1. The second-order valence-electron chi connectivity index (χ2n) is 11.0. The van der Waals surface area contributed by atoms with E-state index in [1.54, 1.807) is 0 Å². The number of carboxylic acids is 1. The number of fused-ring (bicyclic) bond motifs is 2. The van der Waals surface area contributed by atoms with E-state index in [9.17, 15) is 14.7 Å². The first-order valence-corrected chi connectivity index (χ1v) is 13.6. The second-order valence-corrected chi connectivity index (χ2v) is 11.0. The summed E-state index contributed by atoms with van der Waals surface area (Å²) >= 11 is 0. The van der Waals surface area contributed by atoms with Crippen LogP contribution in [-0.4, -0.2) is 47.0 Å². The van der Waals surface area contributed by atoms with E-state index in [1.807, 2.05) is 43.4 Å². The van der Waals surface area contributed by atoms with Gasteiger partial charge in [0, 0.05) is 41.1 Å². The fraction of sp³-hybridized carbons (Fsp3) is 0.364. The van der Waals surface area contributed by atoms with E-state index in [1.165, 1.54) is 11.1 Å². The van der Waals surface area contributed by atoms with Gasteiger partial charge in [0.25, 0.3) is 0 Å². The van der Waals surface area contributed by atoms with Crippen LogP contribution < -0.4 is 4.90 Å². The molecule has 0 unspecified atom stereocenters. The third-order valence-corrected chi connectivity index (χ3v) is 7.72. The lowest BCUT2D eigenvalue weighted by Crippen LogP contribution is -2.28. The number of ether oxygens (including phenoxy) is 1. The number of rotatable bonds is 10. The Balaban J connectivity index is 1.61. The Morgan fingerprint density at radius 1 is 0.923 bits per heavy atom. The fourth-order valence-electron chi connectivity index (χ4n) is 5.76. The average Bonchev–Trinajstić information content (AvgIpc) is 3.25. The Hall–Kier alpha value is -3.93. The minimum absolute atomic E-state index is 0.0704. The largest absolute Gasteiger partial charge is 0.481 e. The molecule has 204 valence electrons. The molecule has 0 aliphatic carbocycles. The molecule has 0 atom stereocenters. The molecule has 0 aromatic heterocycles. The van der Waals surface area contributed by atoms with E-state index in [2.05, 4.69) is 79.7 Å². The fourth-order valence-corrected chi connectivity index (χ4v) is 5.76. The van der Waals surface area contributed by atoms with Crippen molar-refractivity contribution in [3.8, 4) is 0 Å². The molecule has 0 fully saturated rings. The summed E-state index contributed by atoms with van der Waals surface area (Å²) in [7, 11) is 0. The normalized spacial score (nSPS) is 18.3. The summed E-state index contributed by atoms with van der Waals surface area (Å²) in [5.74, 6) is -0.998. The van der Waals surface area contributed by atoms with Crippen LogP contribution >= 0.6 is 0 Å². The highest BCUT2D eigenvalue weighted by Gasteiger charge is 2.44. The quantitative estimate of drug-likeness (QED) is 0.224. The topological polar surface area (TPSA) is 69.9 Å². The Morgan fingerprint density at radius 3 is 2.33 bits per heavy atom. The SMILES string of the molecule is CCOC(=O)CC[N+]1=C(C=CC=CC=C2N(CCC(=O)O)c3ccccc3C2(C)C)C(C)(C)c2ccccc21. The van der Waals surface area contributed by atoms with E-state index in [4.69, 9.17) is 4.74 Å². The van der Waals surface area contributed by atoms with Crippen LogP contribution in [0.1, 0.15) is 58.6 Å². The minimum atomic E-state index is -0.806. The number of allylic oxidation sites excluding steroid dienone is 6. The number of para-hydroxylation sites is 2. The van der Waals surface area contributed by atoms with E-state index in [-0.39, 0.29) is 23.2 Å². The number of nitrogens with zero attached hydrogens (tertiary/aromatic N) is 2. The van der Waals surface area contributed by atoms with Crippen molar-refractivity contribution in [3.63, 3.8) is 0 Å². The summed E-state index contributed by atoms with van der Waals surface area (Å²) < 4.78 is 7.39. The molecular formula is C33H39N2O4+. The standard InChI is InChI=1S/C33H38N2O4/c1-6-39-31(38)21-23-35-27-17-13-11-15-25(27)33(4,5)29(35)19-9-7-8-18-28-32(2,3)24-14-10-12-16-26(24)34(28)22-20-30(36)37/h7-19H,6,20-23H2,1-5H3/p+1. The molecule has 0 spiro atoms. The molecule has 39 heavy (non-hydrogen) atoms.